The largest absolute Gasteiger partial charge is 0.458 e. The van der Waals surface area contributed by atoms with Gasteiger partial charge in [-0.2, -0.15) is 0 Å². The molecule has 14 heteroatoms. The van der Waals surface area contributed by atoms with Gasteiger partial charge in [-0.1, -0.05) is 13.8 Å². The van der Waals surface area contributed by atoms with E-state index in [9.17, 15) is 35.4 Å². The molecule has 0 aromatic heterocycles. The van der Waals surface area contributed by atoms with E-state index < -0.39 is 90.9 Å². The number of hydrogen-bond acceptors (Lipinski definition) is 14. The molecule has 55 heavy (non-hydrogen) atoms. The Morgan fingerprint density at radius 1 is 0.709 bits per heavy atom. The molecule has 4 aliphatic carbocycles. The van der Waals surface area contributed by atoms with Gasteiger partial charge in [-0.3, -0.25) is 0 Å². The number of fused-ring (bicyclic) bond motifs is 5. The number of cyclic esters (lactones) is 1. The number of aliphatic hydroxyl groups is 6. The average molecular weight is 781 g/mol. The average Bonchev–Trinajstić information content (AvgIpc) is 3.67. The monoisotopic (exact) mass is 780 g/mol. The van der Waals surface area contributed by atoms with Gasteiger partial charge in [0.2, 0.25) is 0 Å². The second-order valence-corrected chi connectivity index (χ2v) is 18.9. The van der Waals surface area contributed by atoms with Crippen LogP contribution < -0.4 is 0 Å². The van der Waals surface area contributed by atoms with Gasteiger partial charge in [0.05, 0.1) is 54.4 Å². The number of ether oxygens (including phenoxy) is 7. The summed E-state index contributed by atoms with van der Waals surface area (Å²) in [5.74, 6) is -0.135. The van der Waals surface area contributed by atoms with E-state index in [1.165, 1.54) is 0 Å². The van der Waals surface area contributed by atoms with E-state index in [0.717, 1.165) is 44.1 Å². The van der Waals surface area contributed by atoms with Crippen LogP contribution in [0.5, 0.6) is 0 Å². The van der Waals surface area contributed by atoms with Gasteiger partial charge < -0.3 is 63.8 Å². The normalized spacial score (nSPS) is 55.5. The predicted octanol–water partition coefficient (Wildman–Crippen LogP) is 2.22. The third-order valence-corrected chi connectivity index (χ3v) is 15.9. The van der Waals surface area contributed by atoms with Crippen LogP contribution in [-0.4, -0.2) is 135 Å². The summed E-state index contributed by atoms with van der Waals surface area (Å²) in [6.07, 6.45) is -1.97. The number of rotatable bonds is 7. The van der Waals surface area contributed by atoms with Crippen LogP contribution in [0.1, 0.15) is 105 Å². The first-order chi connectivity index (χ1) is 26.0. The van der Waals surface area contributed by atoms with Gasteiger partial charge in [0.25, 0.3) is 0 Å². The van der Waals surface area contributed by atoms with Gasteiger partial charge >= 0.3 is 5.97 Å². The smallest absolute Gasteiger partial charge is 0.331 e. The molecule has 7 fully saturated rings. The van der Waals surface area contributed by atoms with Crippen molar-refractivity contribution in [1.82, 2.24) is 0 Å². The van der Waals surface area contributed by atoms with Crippen molar-refractivity contribution in [2.24, 2.45) is 34.5 Å². The molecule has 0 amide bonds. The Labute approximate surface area is 323 Å². The topological polar surface area (TPSA) is 203 Å². The molecule has 312 valence electrons. The fourth-order valence-electron chi connectivity index (χ4n) is 12.7. The molecule has 4 aliphatic heterocycles. The molecule has 0 aromatic rings. The highest BCUT2D eigenvalue weighted by Gasteiger charge is 2.70. The van der Waals surface area contributed by atoms with Crippen LogP contribution in [0.4, 0.5) is 0 Å². The Balaban J connectivity index is 0.945. The first kappa shape index (κ1) is 40.5. The molecule has 0 bridgehead atoms. The highest BCUT2D eigenvalue weighted by atomic mass is 16.7. The Hall–Kier alpha value is -1.27. The quantitative estimate of drug-likeness (QED) is 0.162. The first-order valence-electron chi connectivity index (χ1n) is 20.9. The molecule has 4 saturated carbocycles. The Kier molecular flexibility index (Phi) is 11.1. The van der Waals surface area contributed by atoms with Crippen molar-refractivity contribution < 1.29 is 68.6 Å². The molecule has 21 atom stereocenters. The zero-order valence-electron chi connectivity index (χ0n) is 32.9. The lowest BCUT2D eigenvalue weighted by Crippen LogP contribution is -2.66. The number of hydrogen-bond donors (Lipinski definition) is 6. The minimum absolute atomic E-state index is 0.0606. The Morgan fingerprint density at radius 2 is 1.35 bits per heavy atom. The molecule has 1 unspecified atom stereocenters. The lowest BCUT2D eigenvalue weighted by Gasteiger charge is -2.65. The number of esters is 1. The molecular weight excluding hydrogens is 716 g/mol. The van der Waals surface area contributed by atoms with Gasteiger partial charge in [0.1, 0.15) is 24.9 Å². The summed E-state index contributed by atoms with van der Waals surface area (Å²) in [7, 11) is 0. The molecule has 6 N–H and O–H groups in total. The summed E-state index contributed by atoms with van der Waals surface area (Å²) < 4.78 is 43.2. The zero-order chi connectivity index (χ0) is 39.2. The molecule has 14 nitrogen and oxygen atoms in total. The summed E-state index contributed by atoms with van der Waals surface area (Å²) in [4.78, 5) is 12.0. The lowest BCUT2D eigenvalue weighted by atomic mass is 9.42. The highest BCUT2D eigenvalue weighted by Crippen LogP contribution is 2.70. The summed E-state index contributed by atoms with van der Waals surface area (Å²) >= 11 is 0. The molecule has 3 saturated heterocycles. The van der Waals surface area contributed by atoms with E-state index in [1.807, 2.05) is 6.92 Å². The van der Waals surface area contributed by atoms with Gasteiger partial charge in [-0.25, -0.2) is 4.79 Å². The molecule has 4 heterocycles. The SMILES string of the molecule is C[C@H]1O[C@H](O[C@H]2[C@@H](O[C@@H]3C[C@H](O)[C@H](O)[C@@H](C)O3)C[C@@H](O[C@H]3CC[C@@]4(C)[C@@H](C3)C[C@H](O)[C@@H]3[C@@H]4CC[C@]4(C)[C@@H](C5=CC(=O)OC5)CCC34O)O[C@@H]2C)C[C@H](O)[C@@H]1O. The van der Waals surface area contributed by atoms with E-state index in [2.05, 4.69) is 13.8 Å². The predicted molar refractivity (Wildman–Crippen MR) is 193 cm³/mol. The van der Waals surface area contributed by atoms with E-state index in [-0.39, 0.29) is 54.0 Å². The minimum atomic E-state index is -1.03. The standard InChI is InChI=1S/C41H64O14/c1-19-36(46)28(43)15-32(50-19)54-30-17-34(52-21(3)38(30)55-33-16-29(44)37(47)20(2)51-33)53-24-6-9-39(4)23(13-24)14-27(42)35-26(39)7-10-40(5)25(8-11-41(35,40)48)22-12-31(45)49-18-22/h12,19-21,23-30,32-38,42-44,46-48H,6-11,13-18H2,1-5H3/t19-,20-,21-,23+,24+,25-,26+,27+,28+,29+,30+,32-,33-,34-,35+,36-,37-,38-,39+,40-,41?/m1/s1. The van der Waals surface area contributed by atoms with Gasteiger partial charge in [0.15, 0.2) is 18.9 Å². The molecular formula is C41H64O14. The zero-order valence-corrected chi connectivity index (χ0v) is 32.9. The maximum Gasteiger partial charge on any atom is 0.331 e. The van der Waals surface area contributed by atoms with Crippen molar-refractivity contribution >= 4 is 5.97 Å². The molecule has 8 rings (SSSR count). The van der Waals surface area contributed by atoms with Gasteiger partial charge in [-0.15, -0.1) is 0 Å². The first-order valence-corrected chi connectivity index (χ1v) is 20.9. The fraction of sp³-hybridized carbons (Fsp3) is 0.927. The van der Waals surface area contributed by atoms with Crippen molar-refractivity contribution in [1.29, 1.82) is 0 Å². The van der Waals surface area contributed by atoms with E-state index >= 15 is 0 Å². The van der Waals surface area contributed by atoms with Gasteiger partial charge in [-0.05, 0) is 101 Å². The van der Waals surface area contributed by atoms with Crippen molar-refractivity contribution in [3.8, 4) is 0 Å². The summed E-state index contributed by atoms with van der Waals surface area (Å²) in [5.41, 5.74) is -0.563. The Morgan fingerprint density at radius 3 is 1.98 bits per heavy atom. The molecule has 8 aliphatic rings. The second kappa shape index (κ2) is 15.1. The van der Waals surface area contributed by atoms with Crippen LogP contribution >= 0.6 is 0 Å². The number of aliphatic hydroxyl groups excluding tert-OH is 5. The van der Waals surface area contributed by atoms with E-state index in [1.54, 1.807) is 19.9 Å². The Bertz CT molecular complexity index is 1420. The summed E-state index contributed by atoms with van der Waals surface area (Å²) in [6.45, 7) is 10.0. The summed E-state index contributed by atoms with van der Waals surface area (Å²) in [5, 5.41) is 66.0. The molecule has 0 aromatic carbocycles. The maximum absolute atomic E-state index is 12.6. The van der Waals surface area contributed by atoms with Gasteiger partial charge in [0, 0.05) is 36.7 Å². The van der Waals surface area contributed by atoms with Crippen LogP contribution in [0.3, 0.4) is 0 Å². The van der Waals surface area contributed by atoms with E-state index in [4.69, 9.17) is 33.2 Å². The fourth-order valence-corrected chi connectivity index (χ4v) is 12.7. The van der Waals surface area contributed by atoms with Crippen molar-refractivity contribution in [2.45, 2.75) is 197 Å². The number of carbonyl (C=O) groups is 1. The van der Waals surface area contributed by atoms with Crippen molar-refractivity contribution in [3.05, 3.63) is 11.6 Å². The molecule has 0 spiro atoms. The van der Waals surface area contributed by atoms with Crippen molar-refractivity contribution in [3.63, 3.8) is 0 Å². The minimum Gasteiger partial charge on any atom is -0.458 e. The maximum atomic E-state index is 12.6. The van der Waals surface area contributed by atoms with Crippen LogP contribution in [0, 0.1) is 34.5 Å². The van der Waals surface area contributed by atoms with Crippen molar-refractivity contribution in [2.75, 3.05) is 6.61 Å². The van der Waals surface area contributed by atoms with E-state index in [0.29, 0.717) is 25.9 Å². The van der Waals surface area contributed by atoms with Crippen LogP contribution in [0.2, 0.25) is 0 Å². The third-order valence-electron chi connectivity index (χ3n) is 15.9. The summed E-state index contributed by atoms with van der Waals surface area (Å²) in [6, 6.07) is 0. The lowest BCUT2D eigenvalue weighted by molar-refractivity contribution is -0.344. The molecule has 0 radical (unpaired) electrons. The number of carbonyl (C=O) groups excluding carboxylic acids is 1. The van der Waals surface area contributed by atoms with Crippen LogP contribution in [-0.2, 0) is 38.0 Å². The van der Waals surface area contributed by atoms with Crippen LogP contribution in [0.15, 0.2) is 11.6 Å². The second-order valence-electron chi connectivity index (χ2n) is 18.9. The van der Waals surface area contributed by atoms with Crippen LogP contribution in [0.25, 0.3) is 0 Å². The third kappa shape index (κ3) is 7.05. The highest BCUT2D eigenvalue weighted by molar-refractivity contribution is 5.85.